The summed E-state index contributed by atoms with van der Waals surface area (Å²) in [6.07, 6.45) is 5.13. The Kier molecular flexibility index (Phi) is 4.05. The minimum atomic E-state index is 0.706. The van der Waals surface area contributed by atoms with Gasteiger partial charge in [-0.1, -0.05) is 42.5 Å². The van der Waals surface area contributed by atoms with E-state index in [-0.39, 0.29) is 0 Å². The van der Waals surface area contributed by atoms with Crippen LogP contribution in [0.1, 0.15) is 22.5 Å². The zero-order chi connectivity index (χ0) is 17.1. The molecular weight excluding hydrogens is 308 g/mol. The van der Waals surface area contributed by atoms with Crippen LogP contribution in [0.25, 0.3) is 17.5 Å². The van der Waals surface area contributed by atoms with E-state index in [1.54, 1.807) is 0 Å². The standard InChI is InChI=1S/C21H18N4/c22-14-17-8-6-16(7-9-17)10-12-25-13-11-19-20(15-25)24-21(23-19)18-4-2-1-3-5-18/h1-9,11,13H,10,12,15H2,(H,23,24). The van der Waals surface area contributed by atoms with Gasteiger partial charge in [0.05, 0.1) is 29.6 Å². The molecule has 122 valence electrons. The molecule has 0 amide bonds. The van der Waals surface area contributed by atoms with Crippen LogP contribution in [-0.4, -0.2) is 21.4 Å². The fraction of sp³-hybridized carbons (Fsp3) is 0.143. The molecule has 4 rings (SSSR count). The Balaban J connectivity index is 1.42. The average Bonchev–Trinajstić information content (AvgIpc) is 3.11. The number of imidazole rings is 1. The summed E-state index contributed by atoms with van der Waals surface area (Å²) < 4.78 is 0. The summed E-state index contributed by atoms with van der Waals surface area (Å²) in [6.45, 7) is 1.77. The number of rotatable bonds is 4. The van der Waals surface area contributed by atoms with Gasteiger partial charge in [0.2, 0.25) is 0 Å². The number of aromatic amines is 1. The Morgan fingerprint density at radius 1 is 1.08 bits per heavy atom. The first-order valence-electron chi connectivity index (χ1n) is 8.37. The highest BCUT2D eigenvalue weighted by atomic mass is 15.1. The van der Waals surface area contributed by atoms with E-state index >= 15 is 0 Å². The van der Waals surface area contributed by atoms with Crippen LogP contribution in [0.4, 0.5) is 0 Å². The largest absolute Gasteiger partial charge is 0.371 e. The Bertz CT molecular complexity index is 930. The molecule has 4 heteroatoms. The lowest BCUT2D eigenvalue weighted by atomic mass is 10.1. The van der Waals surface area contributed by atoms with Gasteiger partial charge in [0, 0.05) is 18.3 Å². The summed E-state index contributed by atoms with van der Waals surface area (Å²) in [5.41, 5.74) is 5.23. The zero-order valence-corrected chi connectivity index (χ0v) is 13.8. The number of H-pyrrole nitrogens is 1. The molecule has 0 fully saturated rings. The van der Waals surface area contributed by atoms with Gasteiger partial charge in [0.25, 0.3) is 0 Å². The van der Waals surface area contributed by atoms with Crippen LogP contribution in [0.15, 0.2) is 60.8 Å². The lowest BCUT2D eigenvalue weighted by Crippen LogP contribution is -2.22. The third-order valence-corrected chi connectivity index (χ3v) is 4.43. The Hall–Kier alpha value is -3.32. The summed E-state index contributed by atoms with van der Waals surface area (Å²) in [5, 5.41) is 8.86. The zero-order valence-electron chi connectivity index (χ0n) is 13.8. The van der Waals surface area contributed by atoms with Gasteiger partial charge >= 0.3 is 0 Å². The maximum Gasteiger partial charge on any atom is 0.138 e. The number of hydrogen-bond donors (Lipinski definition) is 1. The highest BCUT2D eigenvalue weighted by molar-refractivity contribution is 5.60. The number of nitrogens with zero attached hydrogens (tertiary/aromatic N) is 3. The van der Waals surface area contributed by atoms with Gasteiger partial charge in [-0.05, 0) is 30.2 Å². The van der Waals surface area contributed by atoms with Crippen LogP contribution in [0.5, 0.6) is 0 Å². The second kappa shape index (κ2) is 6.66. The van der Waals surface area contributed by atoms with Crippen molar-refractivity contribution in [3.05, 3.63) is 83.3 Å². The van der Waals surface area contributed by atoms with E-state index in [2.05, 4.69) is 40.4 Å². The van der Waals surface area contributed by atoms with Gasteiger partial charge in [-0.2, -0.15) is 5.26 Å². The smallest absolute Gasteiger partial charge is 0.138 e. The van der Waals surface area contributed by atoms with Gasteiger partial charge in [-0.15, -0.1) is 0 Å². The topological polar surface area (TPSA) is 55.7 Å². The molecule has 0 radical (unpaired) electrons. The third kappa shape index (κ3) is 3.31. The third-order valence-electron chi connectivity index (χ3n) is 4.43. The van der Waals surface area contributed by atoms with Crippen molar-refractivity contribution in [3.8, 4) is 17.5 Å². The fourth-order valence-corrected chi connectivity index (χ4v) is 3.02. The van der Waals surface area contributed by atoms with Crippen molar-refractivity contribution >= 4 is 6.08 Å². The molecule has 1 aliphatic heterocycles. The molecular formula is C21H18N4. The number of hydrogen-bond acceptors (Lipinski definition) is 3. The molecule has 4 nitrogen and oxygen atoms in total. The van der Waals surface area contributed by atoms with Crippen molar-refractivity contribution in [1.82, 2.24) is 14.9 Å². The van der Waals surface area contributed by atoms with E-state index in [0.29, 0.717) is 5.56 Å². The van der Waals surface area contributed by atoms with Crippen LogP contribution in [0.3, 0.4) is 0 Å². The van der Waals surface area contributed by atoms with E-state index in [4.69, 9.17) is 10.2 Å². The van der Waals surface area contributed by atoms with Crippen molar-refractivity contribution in [3.63, 3.8) is 0 Å². The van der Waals surface area contributed by atoms with E-state index in [9.17, 15) is 0 Å². The van der Waals surface area contributed by atoms with Gasteiger partial charge in [-0.25, -0.2) is 4.98 Å². The molecule has 0 aliphatic carbocycles. The molecule has 1 aliphatic rings. The van der Waals surface area contributed by atoms with Crippen molar-refractivity contribution < 1.29 is 0 Å². The molecule has 3 aromatic rings. The molecule has 2 aromatic carbocycles. The Morgan fingerprint density at radius 3 is 2.64 bits per heavy atom. The number of nitriles is 1. The predicted molar refractivity (Wildman–Crippen MR) is 98.3 cm³/mol. The molecule has 1 N–H and O–H groups in total. The van der Waals surface area contributed by atoms with Crippen LogP contribution < -0.4 is 0 Å². The molecule has 0 atom stereocenters. The van der Waals surface area contributed by atoms with Crippen LogP contribution in [0.2, 0.25) is 0 Å². The van der Waals surface area contributed by atoms with Crippen molar-refractivity contribution in [2.75, 3.05) is 6.54 Å². The van der Waals surface area contributed by atoms with E-state index < -0.39 is 0 Å². The van der Waals surface area contributed by atoms with Crippen LogP contribution in [0, 0.1) is 11.3 Å². The Labute approximate surface area is 147 Å². The molecule has 0 bridgehead atoms. The first-order chi connectivity index (χ1) is 12.3. The number of fused-ring (bicyclic) bond motifs is 1. The number of nitrogens with one attached hydrogen (secondary N) is 1. The van der Waals surface area contributed by atoms with Crippen molar-refractivity contribution in [2.24, 2.45) is 0 Å². The average molecular weight is 326 g/mol. The molecule has 1 aromatic heterocycles. The summed E-state index contributed by atoms with van der Waals surface area (Å²) in [5.74, 6) is 0.921. The SMILES string of the molecule is N#Cc1ccc(CCN2C=Cc3nc(-c4ccccc4)[nH]c3C2)cc1. The lowest BCUT2D eigenvalue weighted by Gasteiger charge is -2.22. The second-order valence-electron chi connectivity index (χ2n) is 6.16. The molecule has 2 heterocycles. The molecule has 0 spiro atoms. The predicted octanol–water partition coefficient (Wildman–Crippen LogP) is 3.98. The lowest BCUT2D eigenvalue weighted by molar-refractivity contribution is 0.367. The van der Waals surface area contributed by atoms with Crippen molar-refractivity contribution in [1.29, 1.82) is 5.26 Å². The van der Waals surface area contributed by atoms with Crippen LogP contribution in [-0.2, 0) is 13.0 Å². The van der Waals surface area contributed by atoms with Gasteiger partial charge in [-0.3, -0.25) is 0 Å². The van der Waals surface area contributed by atoms with Crippen LogP contribution >= 0.6 is 0 Å². The van der Waals surface area contributed by atoms with E-state index in [1.807, 2.05) is 42.5 Å². The minimum Gasteiger partial charge on any atom is -0.371 e. The number of aromatic nitrogens is 2. The minimum absolute atomic E-state index is 0.706. The summed E-state index contributed by atoms with van der Waals surface area (Å²) in [4.78, 5) is 10.4. The Morgan fingerprint density at radius 2 is 1.88 bits per heavy atom. The number of benzene rings is 2. The van der Waals surface area contributed by atoms with E-state index in [1.165, 1.54) is 5.56 Å². The second-order valence-corrected chi connectivity index (χ2v) is 6.16. The van der Waals surface area contributed by atoms with E-state index in [0.717, 1.165) is 42.3 Å². The molecule has 0 saturated carbocycles. The summed E-state index contributed by atoms with van der Waals surface area (Å²) in [6, 6.07) is 20.2. The highest BCUT2D eigenvalue weighted by Gasteiger charge is 2.15. The molecule has 25 heavy (non-hydrogen) atoms. The first-order valence-corrected chi connectivity index (χ1v) is 8.37. The molecule has 0 saturated heterocycles. The maximum absolute atomic E-state index is 8.86. The highest BCUT2D eigenvalue weighted by Crippen LogP contribution is 2.23. The summed E-state index contributed by atoms with van der Waals surface area (Å²) >= 11 is 0. The monoisotopic (exact) mass is 326 g/mol. The van der Waals surface area contributed by atoms with Gasteiger partial charge in [0.15, 0.2) is 0 Å². The normalized spacial score (nSPS) is 12.7. The fourth-order valence-electron chi connectivity index (χ4n) is 3.02. The summed E-state index contributed by atoms with van der Waals surface area (Å²) in [7, 11) is 0. The van der Waals surface area contributed by atoms with Gasteiger partial charge < -0.3 is 9.88 Å². The van der Waals surface area contributed by atoms with Gasteiger partial charge in [0.1, 0.15) is 5.82 Å². The van der Waals surface area contributed by atoms with Crippen molar-refractivity contribution in [2.45, 2.75) is 13.0 Å². The maximum atomic E-state index is 8.86. The molecule has 0 unspecified atom stereocenters. The first kappa shape index (κ1) is 15.2. The quantitative estimate of drug-likeness (QED) is 0.789.